The molecule has 2 bridgehead atoms. The average molecular weight is 546 g/mol. The molecule has 0 unspecified atom stereocenters. The van der Waals surface area contributed by atoms with Gasteiger partial charge < -0.3 is 14.7 Å². The molecule has 0 radical (unpaired) electrons. The molecule has 2 aromatic heterocycles. The molecule has 4 rings (SSSR count). The summed E-state index contributed by atoms with van der Waals surface area (Å²) in [5.74, 6) is -0.307. The van der Waals surface area contributed by atoms with Gasteiger partial charge in [0.1, 0.15) is 5.69 Å². The Kier molecular flexibility index (Phi) is 8.92. The quantitative estimate of drug-likeness (QED) is 0.469. The lowest BCUT2D eigenvalue weighted by Crippen LogP contribution is -2.47. The molecule has 1 N–H and O–H groups in total. The number of likely N-dealkylation sites (N-methyl/N-ethyl adjacent to an activating group) is 1. The molecule has 0 aliphatic carbocycles. The Labute approximate surface area is 222 Å². The maximum absolute atomic E-state index is 13.4. The van der Waals surface area contributed by atoms with E-state index in [1.165, 1.54) is 11.4 Å². The highest BCUT2D eigenvalue weighted by atomic mass is 32.2. The molecule has 1 aliphatic rings. The van der Waals surface area contributed by atoms with Crippen molar-refractivity contribution in [3.05, 3.63) is 54.6 Å². The van der Waals surface area contributed by atoms with Gasteiger partial charge in [-0.3, -0.25) is 9.48 Å². The van der Waals surface area contributed by atoms with Gasteiger partial charge in [-0.25, -0.2) is 13.1 Å². The summed E-state index contributed by atoms with van der Waals surface area (Å²) < 4.78 is 37.7. The number of aliphatic hydroxyl groups excluding tert-OH is 1. The highest BCUT2D eigenvalue weighted by molar-refractivity contribution is 7.89. The van der Waals surface area contributed by atoms with E-state index in [0.717, 1.165) is 5.69 Å². The van der Waals surface area contributed by atoms with Crippen LogP contribution in [0.1, 0.15) is 32.4 Å². The Morgan fingerprint density at radius 1 is 1.26 bits per heavy atom. The first kappa shape index (κ1) is 27.9. The topological polar surface area (TPSA) is 136 Å². The Morgan fingerprint density at radius 2 is 2.03 bits per heavy atom. The predicted molar refractivity (Wildman–Crippen MR) is 139 cm³/mol. The number of benzene rings is 1. The second-order valence-corrected chi connectivity index (χ2v) is 11.8. The summed E-state index contributed by atoms with van der Waals surface area (Å²) in [4.78, 5) is 14.8. The Hall–Kier alpha value is -3.13. The van der Waals surface area contributed by atoms with Gasteiger partial charge in [-0.15, -0.1) is 5.10 Å². The zero-order chi connectivity index (χ0) is 27.3. The van der Waals surface area contributed by atoms with Gasteiger partial charge in [0.05, 0.1) is 42.1 Å². The Bertz CT molecular complexity index is 1290. The number of hydrogen-bond donors (Lipinski definition) is 1. The van der Waals surface area contributed by atoms with E-state index in [4.69, 9.17) is 4.74 Å². The summed E-state index contributed by atoms with van der Waals surface area (Å²) in [6.07, 6.45) is 5.56. The summed E-state index contributed by atoms with van der Waals surface area (Å²) in [5.41, 5.74) is 1.38. The van der Waals surface area contributed by atoms with E-state index >= 15 is 0 Å². The van der Waals surface area contributed by atoms with E-state index in [2.05, 4.69) is 15.4 Å². The van der Waals surface area contributed by atoms with Crippen LogP contribution in [0.4, 0.5) is 0 Å². The third-order valence-corrected chi connectivity index (χ3v) is 8.63. The van der Waals surface area contributed by atoms with Crippen LogP contribution in [-0.4, -0.2) is 92.3 Å². The molecule has 3 aromatic rings. The van der Waals surface area contributed by atoms with Crippen LogP contribution >= 0.6 is 0 Å². The molecule has 0 spiro atoms. The molecule has 12 nitrogen and oxygen atoms in total. The van der Waals surface area contributed by atoms with Crippen LogP contribution in [-0.2, 0) is 32.7 Å². The van der Waals surface area contributed by atoms with E-state index in [1.54, 1.807) is 70.1 Å². The molecule has 1 aliphatic heterocycles. The number of sulfonamides is 1. The Balaban J connectivity index is 1.55. The summed E-state index contributed by atoms with van der Waals surface area (Å²) in [6.45, 7) is 4.63. The van der Waals surface area contributed by atoms with Crippen molar-refractivity contribution in [1.29, 1.82) is 0 Å². The normalized spacial score (nSPS) is 20.6. The molecule has 0 saturated heterocycles. The largest absolute Gasteiger partial charge is 0.394 e. The first-order valence-corrected chi connectivity index (χ1v) is 14.1. The second kappa shape index (κ2) is 12.2. The minimum atomic E-state index is -3.82. The summed E-state index contributed by atoms with van der Waals surface area (Å²) in [6, 6.07) is 7.94. The first-order valence-electron chi connectivity index (χ1n) is 12.7. The van der Waals surface area contributed by atoms with E-state index in [-0.39, 0.29) is 42.5 Å². The van der Waals surface area contributed by atoms with Gasteiger partial charge in [0.2, 0.25) is 15.9 Å². The molecular formula is C25H35N7O5S. The average Bonchev–Trinajstić information content (AvgIpc) is 3.61. The summed E-state index contributed by atoms with van der Waals surface area (Å²) in [7, 11) is -2.30. The van der Waals surface area contributed by atoms with Gasteiger partial charge in [0.25, 0.3) is 0 Å². The number of rotatable bonds is 7. The van der Waals surface area contributed by atoms with Crippen molar-refractivity contribution in [3.63, 3.8) is 0 Å². The highest BCUT2D eigenvalue weighted by Crippen LogP contribution is 2.21. The van der Waals surface area contributed by atoms with Crippen LogP contribution in [0.2, 0.25) is 0 Å². The number of amides is 1. The summed E-state index contributed by atoms with van der Waals surface area (Å²) >= 11 is 0. The molecule has 13 heteroatoms. The minimum Gasteiger partial charge on any atom is -0.394 e. The van der Waals surface area contributed by atoms with Crippen LogP contribution < -0.4 is 0 Å². The molecule has 1 aromatic carbocycles. The monoisotopic (exact) mass is 545 g/mol. The van der Waals surface area contributed by atoms with Crippen LogP contribution in [0, 0.1) is 5.92 Å². The van der Waals surface area contributed by atoms with Gasteiger partial charge in [0.15, 0.2) is 0 Å². The van der Waals surface area contributed by atoms with Gasteiger partial charge in [-0.1, -0.05) is 12.1 Å². The zero-order valence-corrected chi connectivity index (χ0v) is 22.7. The fourth-order valence-corrected chi connectivity index (χ4v) is 5.60. The van der Waals surface area contributed by atoms with Crippen molar-refractivity contribution in [1.82, 2.24) is 34.0 Å². The van der Waals surface area contributed by atoms with Crippen molar-refractivity contribution in [3.8, 4) is 5.69 Å². The lowest BCUT2D eigenvalue weighted by Gasteiger charge is -2.35. The maximum atomic E-state index is 13.4. The molecule has 3 heterocycles. The Morgan fingerprint density at radius 3 is 2.71 bits per heavy atom. The maximum Gasteiger partial charge on any atom is 0.242 e. The van der Waals surface area contributed by atoms with Crippen molar-refractivity contribution in [2.45, 2.75) is 56.9 Å². The van der Waals surface area contributed by atoms with Gasteiger partial charge in [0, 0.05) is 51.4 Å². The SMILES string of the molecule is C[C@@H]1CN([C@H](C)CO)C(=O)CCCn2cc(nn2)CO[C@@H]1CN(C)S(=O)(=O)c1ccc(-n2cccn2)cc1. The number of aromatic nitrogens is 5. The highest BCUT2D eigenvalue weighted by Gasteiger charge is 2.31. The number of hydrogen-bond acceptors (Lipinski definition) is 8. The number of aliphatic hydroxyl groups is 1. The fourth-order valence-electron chi connectivity index (χ4n) is 4.42. The second-order valence-electron chi connectivity index (χ2n) is 9.71. The van der Waals surface area contributed by atoms with Crippen molar-refractivity contribution >= 4 is 15.9 Å². The molecule has 206 valence electrons. The summed E-state index contributed by atoms with van der Waals surface area (Å²) in [5, 5.41) is 22.2. The number of carbonyl (C=O) groups excluding carboxylic acids is 1. The molecule has 0 fully saturated rings. The van der Waals surface area contributed by atoms with Crippen molar-refractivity contribution in [2.24, 2.45) is 5.92 Å². The lowest BCUT2D eigenvalue weighted by molar-refractivity contribution is -0.136. The number of nitrogens with zero attached hydrogens (tertiary/aromatic N) is 7. The van der Waals surface area contributed by atoms with Crippen LogP contribution in [0.15, 0.2) is 53.8 Å². The van der Waals surface area contributed by atoms with Crippen LogP contribution in [0.5, 0.6) is 0 Å². The van der Waals surface area contributed by atoms with Crippen LogP contribution in [0.25, 0.3) is 5.69 Å². The third kappa shape index (κ3) is 6.46. The third-order valence-electron chi connectivity index (χ3n) is 6.80. The fraction of sp³-hybridized carbons (Fsp3) is 0.520. The lowest BCUT2D eigenvalue weighted by atomic mass is 10.0. The van der Waals surface area contributed by atoms with Gasteiger partial charge in [-0.05, 0) is 43.7 Å². The standard InChI is InChI=1S/C25H35N7O5S/c1-19-14-31(20(2)17-33)25(34)6-4-12-30-15-21(27-28-30)18-37-24(19)16-29(3)38(35,36)23-9-7-22(8-10-23)32-13-5-11-26-32/h5,7-11,13,15,19-20,24,33H,4,6,12,14,16-18H2,1-3H3/t19-,20-,24-/m1/s1. The minimum absolute atomic E-state index is 0.0636. The predicted octanol–water partition coefficient (Wildman–Crippen LogP) is 1.31. The molecule has 38 heavy (non-hydrogen) atoms. The number of carbonyl (C=O) groups is 1. The number of ether oxygens (including phenoxy) is 1. The van der Waals surface area contributed by atoms with E-state index in [1.807, 2.05) is 6.92 Å². The van der Waals surface area contributed by atoms with Gasteiger partial charge in [-0.2, -0.15) is 9.40 Å². The van der Waals surface area contributed by atoms with Crippen molar-refractivity contribution < 1.29 is 23.1 Å². The zero-order valence-electron chi connectivity index (χ0n) is 21.9. The molecule has 1 amide bonds. The smallest absolute Gasteiger partial charge is 0.242 e. The number of fused-ring (bicyclic) bond motifs is 2. The molecule has 3 atom stereocenters. The first-order chi connectivity index (χ1) is 18.2. The number of aryl methyl sites for hydroxylation is 1. The van der Waals surface area contributed by atoms with Gasteiger partial charge >= 0.3 is 0 Å². The van der Waals surface area contributed by atoms with E-state index in [9.17, 15) is 18.3 Å². The van der Waals surface area contributed by atoms with Crippen molar-refractivity contribution in [2.75, 3.05) is 26.7 Å². The van der Waals surface area contributed by atoms with Crippen LogP contribution in [0.3, 0.4) is 0 Å². The molecular weight excluding hydrogens is 510 g/mol. The van der Waals surface area contributed by atoms with E-state index < -0.39 is 16.1 Å². The molecule has 0 saturated carbocycles. The van der Waals surface area contributed by atoms with E-state index in [0.29, 0.717) is 31.6 Å².